The topological polar surface area (TPSA) is 114 Å². The number of hydrogen-bond donors (Lipinski definition) is 3. The Morgan fingerprint density at radius 3 is 2.68 bits per heavy atom. The molecule has 0 bridgehead atoms. The summed E-state index contributed by atoms with van der Waals surface area (Å²) in [6.45, 7) is 3.17. The number of carbonyl (C=O) groups is 2. The molecule has 1 aromatic heterocycles. The molecule has 0 spiro atoms. The summed E-state index contributed by atoms with van der Waals surface area (Å²) < 4.78 is 5.38. The zero-order valence-electron chi connectivity index (χ0n) is 18.1. The van der Waals surface area contributed by atoms with Crippen LogP contribution in [0.2, 0.25) is 0 Å². The van der Waals surface area contributed by atoms with Crippen LogP contribution in [0.4, 0.5) is 5.82 Å². The van der Waals surface area contributed by atoms with Crippen LogP contribution in [0.1, 0.15) is 64.0 Å². The smallest absolute Gasteiger partial charge is 0.267 e. The van der Waals surface area contributed by atoms with E-state index in [0.717, 1.165) is 44.9 Å². The van der Waals surface area contributed by atoms with Crippen molar-refractivity contribution < 1.29 is 19.2 Å². The molecule has 3 N–H and O–H groups in total. The highest BCUT2D eigenvalue weighted by Gasteiger charge is 2.21. The lowest BCUT2D eigenvalue weighted by atomic mass is 9.88. The van der Waals surface area contributed by atoms with Crippen molar-refractivity contribution in [2.24, 2.45) is 5.92 Å². The fraction of sp³-hybridized carbons (Fsp3) is 0.636. The molecule has 3 rings (SSSR count). The van der Waals surface area contributed by atoms with Crippen LogP contribution in [0.15, 0.2) is 18.5 Å². The summed E-state index contributed by atoms with van der Waals surface area (Å²) in [5, 5.41) is 6.25. The van der Waals surface area contributed by atoms with Gasteiger partial charge in [0, 0.05) is 37.6 Å². The van der Waals surface area contributed by atoms with Gasteiger partial charge in [-0.2, -0.15) is 0 Å². The van der Waals surface area contributed by atoms with Crippen molar-refractivity contribution in [3.63, 3.8) is 0 Å². The van der Waals surface area contributed by atoms with E-state index in [4.69, 9.17) is 9.57 Å². The van der Waals surface area contributed by atoms with E-state index in [-0.39, 0.29) is 30.1 Å². The molecule has 170 valence electrons. The highest BCUT2D eigenvalue weighted by molar-refractivity contribution is 5.90. The van der Waals surface area contributed by atoms with Gasteiger partial charge in [-0.25, -0.2) is 15.3 Å². The van der Waals surface area contributed by atoms with E-state index in [1.54, 1.807) is 18.5 Å². The maximum absolute atomic E-state index is 12.2. The van der Waals surface area contributed by atoms with Gasteiger partial charge in [-0.15, -0.1) is 0 Å². The first-order valence-corrected chi connectivity index (χ1v) is 11.2. The Kier molecular flexibility index (Phi) is 9.23. The molecule has 9 heteroatoms. The first-order valence-electron chi connectivity index (χ1n) is 11.2. The third-order valence-corrected chi connectivity index (χ3v) is 5.46. The number of hydrogen-bond acceptors (Lipinski definition) is 7. The summed E-state index contributed by atoms with van der Waals surface area (Å²) in [7, 11) is 0. The van der Waals surface area contributed by atoms with Crippen molar-refractivity contribution in [3.05, 3.63) is 24.2 Å². The first-order chi connectivity index (χ1) is 15.1. The molecular weight excluding hydrogens is 398 g/mol. The Morgan fingerprint density at radius 2 is 1.97 bits per heavy atom. The predicted molar refractivity (Wildman–Crippen MR) is 117 cm³/mol. The van der Waals surface area contributed by atoms with Crippen molar-refractivity contribution in [1.29, 1.82) is 0 Å². The third kappa shape index (κ3) is 8.26. The lowest BCUT2D eigenvalue weighted by Gasteiger charge is -2.22. The summed E-state index contributed by atoms with van der Waals surface area (Å²) in [5.74, 6) is 0.529. The van der Waals surface area contributed by atoms with Gasteiger partial charge in [-0.05, 0) is 38.7 Å². The average Bonchev–Trinajstić information content (AvgIpc) is 2.82. The van der Waals surface area contributed by atoms with Crippen molar-refractivity contribution in [1.82, 2.24) is 20.8 Å². The van der Waals surface area contributed by atoms with Crippen molar-refractivity contribution in [3.8, 4) is 0 Å². The van der Waals surface area contributed by atoms with E-state index in [1.807, 2.05) is 6.92 Å². The second kappa shape index (κ2) is 12.4. The number of nitrogens with zero attached hydrogens (tertiary/aromatic N) is 2. The monoisotopic (exact) mass is 431 g/mol. The van der Waals surface area contributed by atoms with Crippen LogP contribution in [-0.4, -0.2) is 47.3 Å². The van der Waals surface area contributed by atoms with Crippen LogP contribution in [0.3, 0.4) is 0 Å². The maximum atomic E-state index is 12.2. The van der Waals surface area contributed by atoms with Gasteiger partial charge in [-0.3, -0.25) is 14.6 Å². The Hall–Kier alpha value is -2.52. The number of aromatic nitrogens is 2. The van der Waals surface area contributed by atoms with Gasteiger partial charge < -0.3 is 15.4 Å². The minimum absolute atomic E-state index is 0.0214. The van der Waals surface area contributed by atoms with Gasteiger partial charge in [0.25, 0.3) is 5.91 Å². The number of nitrogens with one attached hydrogen (secondary N) is 3. The van der Waals surface area contributed by atoms with E-state index < -0.39 is 0 Å². The normalized spacial score (nSPS) is 20.9. The molecule has 2 atom stereocenters. The Labute approximate surface area is 183 Å². The summed E-state index contributed by atoms with van der Waals surface area (Å²) in [6, 6.07) is 0.0214. The minimum Gasteiger partial charge on any atom is -0.365 e. The molecule has 1 aliphatic heterocycles. The molecule has 1 aliphatic carbocycles. The molecule has 1 saturated carbocycles. The standard InChI is InChI=1S/C22H33N5O4/c1-16(13-25-22(29)17-7-3-2-4-8-17)26-19-15-23-18(14-24-19)10-11-20(28)27-31-21-9-5-6-12-30-21/h10-11,14-17,21H,2-9,12-13H2,1H3,(H,24,26)(H,25,29)(H,27,28)/t16-,21?/m1/s1. The van der Waals surface area contributed by atoms with Gasteiger partial charge in [0.2, 0.25) is 5.91 Å². The molecule has 0 radical (unpaired) electrons. The van der Waals surface area contributed by atoms with Crippen molar-refractivity contribution in [2.45, 2.75) is 70.6 Å². The number of rotatable bonds is 9. The molecule has 31 heavy (non-hydrogen) atoms. The first kappa shape index (κ1) is 23.1. The second-order valence-corrected chi connectivity index (χ2v) is 8.17. The predicted octanol–water partition coefficient (Wildman–Crippen LogP) is 2.56. The van der Waals surface area contributed by atoms with Gasteiger partial charge in [0.1, 0.15) is 5.82 Å². The largest absolute Gasteiger partial charge is 0.365 e. The molecule has 1 unspecified atom stereocenters. The van der Waals surface area contributed by atoms with Crippen LogP contribution < -0.4 is 16.1 Å². The minimum atomic E-state index is -0.388. The highest BCUT2D eigenvalue weighted by atomic mass is 16.8. The third-order valence-electron chi connectivity index (χ3n) is 5.46. The molecule has 1 saturated heterocycles. The van der Waals surface area contributed by atoms with Gasteiger partial charge in [0.05, 0.1) is 18.1 Å². The molecule has 1 aromatic rings. The molecular formula is C22H33N5O4. The zero-order chi connectivity index (χ0) is 21.9. The molecule has 2 fully saturated rings. The second-order valence-electron chi connectivity index (χ2n) is 8.17. The fourth-order valence-electron chi connectivity index (χ4n) is 3.69. The lowest BCUT2D eigenvalue weighted by molar-refractivity contribution is -0.198. The summed E-state index contributed by atoms with van der Waals surface area (Å²) >= 11 is 0. The fourth-order valence-corrected chi connectivity index (χ4v) is 3.69. The molecule has 2 heterocycles. The van der Waals surface area contributed by atoms with Crippen LogP contribution in [0.5, 0.6) is 0 Å². The quantitative estimate of drug-likeness (QED) is 0.407. The van der Waals surface area contributed by atoms with Gasteiger partial charge in [-0.1, -0.05) is 19.3 Å². The number of ether oxygens (including phenoxy) is 1. The van der Waals surface area contributed by atoms with E-state index in [0.29, 0.717) is 24.7 Å². The Balaban J connectivity index is 1.36. The van der Waals surface area contributed by atoms with Crippen molar-refractivity contribution >= 4 is 23.7 Å². The van der Waals surface area contributed by atoms with Crippen molar-refractivity contribution in [2.75, 3.05) is 18.5 Å². The van der Waals surface area contributed by atoms with Crippen LogP contribution >= 0.6 is 0 Å². The van der Waals surface area contributed by atoms with Crippen LogP contribution in [-0.2, 0) is 19.2 Å². The van der Waals surface area contributed by atoms with Crippen LogP contribution in [0, 0.1) is 5.92 Å². The van der Waals surface area contributed by atoms with Crippen LogP contribution in [0.25, 0.3) is 6.08 Å². The SMILES string of the molecule is C[C@H](CNC(=O)C1CCCCC1)Nc1cnc(C=CC(=O)NOC2CCCCO2)cn1. The Morgan fingerprint density at radius 1 is 1.16 bits per heavy atom. The molecule has 0 aromatic carbocycles. The zero-order valence-corrected chi connectivity index (χ0v) is 18.1. The highest BCUT2D eigenvalue weighted by Crippen LogP contribution is 2.23. The number of hydroxylamine groups is 1. The number of anilines is 1. The number of carbonyl (C=O) groups excluding carboxylic acids is 2. The van der Waals surface area contributed by atoms with E-state index in [9.17, 15) is 9.59 Å². The van der Waals surface area contributed by atoms with E-state index >= 15 is 0 Å². The van der Waals surface area contributed by atoms with E-state index in [1.165, 1.54) is 12.5 Å². The summed E-state index contributed by atoms with van der Waals surface area (Å²) in [5.41, 5.74) is 2.91. The van der Waals surface area contributed by atoms with Gasteiger partial charge in [0.15, 0.2) is 6.29 Å². The molecule has 2 amide bonds. The van der Waals surface area contributed by atoms with Gasteiger partial charge >= 0.3 is 0 Å². The average molecular weight is 432 g/mol. The Bertz CT molecular complexity index is 728. The summed E-state index contributed by atoms with van der Waals surface area (Å²) in [6.07, 6.45) is 14.0. The molecule has 2 aliphatic rings. The lowest BCUT2D eigenvalue weighted by Crippen LogP contribution is -2.38. The number of amides is 2. The summed E-state index contributed by atoms with van der Waals surface area (Å²) in [4.78, 5) is 37.9. The molecule has 9 nitrogen and oxygen atoms in total. The van der Waals surface area contributed by atoms with E-state index in [2.05, 4.69) is 26.1 Å². The maximum Gasteiger partial charge on any atom is 0.267 e.